The smallest absolute Gasteiger partial charge is 0.306 e. The number of aliphatic carboxylic acids is 1. The van der Waals surface area contributed by atoms with Gasteiger partial charge in [0, 0.05) is 5.02 Å². The van der Waals surface area contributed by atoms with Crippen molar-refractivity contribution in [2.45, 2.75) is 32.7 Å². The van der Waals surface area contributed by atoms with E-state index >= 15 is 0 Å². The highest BCUT2D eigenvalue weighted by Crippen LogP contribution is 2.34. The van der Waals surface area contributed by atoms with E-state index in [2.05, 4.69) is 43.0 Å². The number of hydrogen-bond acceptors (Lipinski definition) is 2. The van der Waals surface area contributed by atoms with Crippen LogP contribution in [0, 0.1) is 19.8 Å². The minimum atomic E-state index is -0.676. The van der Waals surface area contributed by atoms with Crippen LogP contribution in [0.5, 0.6) is 0 Å². The van der Waals surface area contributed by atoms with Gasteiger partial charge < -0.3 is 5.11 Å². The number of halogens is 1. The minimum absolute atomic E-state index is 0.104. The van der Waals surface area contributed by atoms with Crippen LogP contribution in [0.2, 0.25) is 5.02 Å². The first-order chi connectivity index (χ1) is 11.9. The van der Waals surface area contributed by atoms with Crippen molar-refractivity contribution in [3.63, 3.8) is 0 Å². The molecule has 25 heavy (non-hydrogen) atoms. The second-order valence-electron chi connectivity index (χ2n) is 7.03. The molecule has 1 fully saturated rings. The summed E-state index contributed by atoms with van der Waals surface area (Å²) in [6.45, 7) is 5.78. The zero-order chi connectivity index (χ0) is 18.0. The van der Waals surface area contributed by atoms with Gasteiger partial charge in [-0.05, 0) is 63.0 Å². The van der Waals surface area contributed by atoms with Gasteiger partial charge in [0.25, 0.3) is 0 Å². The van der Waals surface area contributed by atoms with Crippen molar-refractivity contribution in [1.29, 1.82) is 0 Å². The first-order valence-corrected chi connectivity index (χ1v) is 9.12. The Morgan fingerprint density at radius 1 is 1.08 bits per heavy atom. The molecule has 0 aliphatic carbocycles. The summed E-state index contributed by atoms with van der Waals surface area (Å²) in [7, 11) is 0. The molecule has 0 spiro atoms. The molecule has 4 heteroatoms. The first kappa shape index (κ1) is 18.0. The molecule has 2 aromatic carbocycles. The molecule has 0 aromatic heterocycles. The molecule has 3 nitrogen and oxygen atoms in total. The SMILES string of the molecule is Cc1cc(C)cc(C(c2cccc(Cl)c2)N2CCC(C(=O)O)CC2)c1. The third kappa shape index (κ3) is 4.23. The van der Waals surface area contributed by atoms with Crippen LogP contribution in [0.3, 0.4) is 0 Å². The Morgan fingerprint density at radius 2 is 1.72 bits per heavy atom. The molecular formula is C21H24ClNO2. The Balaban J connectivity index is 1.96. The molecule has 0 radical (unpaired) electrons. The molecule has 3 rings (SSSR count). The number of carbonyl (C=O) groups is 1. The average Bonchev–Trinajstić information content (AvgIpc) is 2.55. The molecule has 1 unspecified atom stereocenters. The summed E-state index contributed by atoms with van der Waals surface area (Å²) in [5.74, 6) is -0.902. The van der Waals surface area contributed by atoms with Crippen molar-refractivity contribution in [2.24, 2.45) is 5.92 Å². The molecule has 1 atom stereocenters. The van der Waals surface area contributed by atoms with Gasteiger partial charge in [0.2, 0.25) is 0 Å². The Kier molecular flexibility index (Phi) is 5.45. The molecular weight excluding hydrogens is 334 g/mol. The van der Waals surface area contributed by atoms with Gasteiger partial charge in [-0.2, -0.15) is 0 Å². The number of hydrogen-bond donors (Lipinski definition) is 1. The van der Waals surface area contributed by atoms with Crippen LogP contribution in [0.4, 0.5) is 0 Å². The predicted molar refractivity (Wildman–Crippen MR) is 101 cm³/mol. The van der Waals surface area contributed by atoms with Crippen molar-refractivity contribution < 1.29 is 9.90 Å². The molecule has 0 amide bonds. The van der Waals surface area contributed by atoms with Crippen LogP contribution >= 0.6 is 11.6 Å². The number of benzene rings is 2. The molecule has 132 valence electrons. The fraction of sp³-hybridized carbons (Fsp3) is 0.381. The van der Waals surface area contributed by atoms with E-state index < -0.39 is 5.97 Å². The summed E-state index contributed by atoms with van der Waals surface area (Å²) in [5.41, 5.74) is 4.88. The number of aryl methyl sites for hydroxylation is 2. The molecule has 1 saturated heterocycles. The summed E-state index contributed by atoms with van der Waals surface area (Å²) in [6, 6.07) is 14.7. The molecule has 0 saturated carbocycles. The standard InChI is InChI=1S/C21H24ClNO2/c1-14-10-15(2)12-18(11-14)20(17-4-3-5-19(22)13-17)23-8-6-16(7-9-23)21(24)25/h3-5,10-13,16,20H,6-9H2,1-2H3,(H,24,25). The lowest BCUT2D eigenvalue weighted by Gasteiger charge is -2.37. The number of rotatable bonds is 4. The fourth-order valence-corrected chi connectivity index (χ4v) is 4.06. The van der Waals surface area contributed by atoms with E-state index in [9.17, 15) is 9.90 Å². The summed E-state index contributed by atoms with van der Waals surface area (Å²) in [4.78, 5) is 13.7. The van der Waals surface area contributed by atoms with E-state index in [-0.39, 0.29) is 12.0 Å². The topological polar surface area (TPSA) is 40.5 Å². The summed E-state index contributed by atoms with van der Waals surface area (Å²) >= 11 is 6.25. The maximum atomic E-state index is 11.3. The zero-order valence-corrected chi connectivity index (χ0v) is 15.5. The first-order valence-electron chi connectivity index (χ1n) is 8.74. The van der Waals surface area contributed by atoms with Gasteiger partial charge in [-0.1, -0.05) is 53.1 Å². The number of piperidine rings is 1. The largest absolute Gasteiger partial charge is 0.481 e. The Hall–Kier alpha value is -1.84. The lowest BCUT2D eigenvalue weighted by atomic mass is 9.90. The van der Waals surface area contributed by atoms with E-state index in [1.165, 1.54) is 16.7 Å². The lowest BCUT2D eigenvalue weighted by molar-refractivity contribution is -0.143. The highest BCUT2D eigenvalue weighted by molar-refractivity contribution is 6.30. The van der Waals surface area contributed by atoms with Crippen molar-refractivity contribution in [1.82, 2.24) is 4.90 Å². The average molecular weight is 358 g/mol. The van der Waals surface area contributed by atoms with Crippen LogP contribution in [0.15, 0.2) is 42.5 Å². The predicted octanol–water partition coefficient (Wildman–Crippen LogP) is 4.84. The van der Waals surface area contributed by atoms with Gasteiger partial charge >= 0.3 is 5.97 Å². The Labute approximate surface area is 154 Å². The van der Waals surface area contributed by atoms with Crippen LogP contribution in [0.25, 0.3) is 0 Å². The normalized spacial score (nSPS) is 17.4. The van der Waals surface area contributed by atoms with Crippen molar-refractivity contribution >= 4 is 17.6 Å². The van der Waals surface area contributed by atoms with E-state index in [1.807, 2.05) is 18.2 Å². The third-order valence-corrected chi connectivity index (χ3v) is 5.20. The van der Waals surface area contributed by atoms with Gasteiger partial charge in [0.1, 0.15) is 0 Å². The van der Waals surface area contributed by atoms with Crippen LogP contribution in [-0.2, 0) is 4.79 Å². The highest BCUT2D eigenvalue weighted by atomic mass is 35.5. The number of carboxylic acids is 1. The highest BCUT2D eigenvalue weighted by Gasteiger charge is 2.30. The fourth-order valence-electron chi connectivity index (χ4n) is 3.86. The summed E-state index contributed by atoms with van der Waals surface area (Å²) < 4.78 is 0. The second-order valence-corrected chi connectivity index (χ2v) is 7.46. The van der Waals surface area contributed by atoms with Gasteiger partial charge in [-0.25, -0.2) is 0 Å². The van der Waals surface area contributed by atoms with Crippen molar-refractivity contribution in [2.75, 3.05) is 13.1 Å². The van der Waals surface area contributed by atoms with Gasteiger partial charge in [0.05, 0.1) is 12.0 Å². The number of nitrogens with zero attached hydrogens (tertiary/aromatic N) is 1. The summed E-state index contributed by atoms with van der Waals surface area (Å²) in [5, 5.41) is 10.00. The minimum Gasteiger partial charge on any atom is -0.481 e. The Bertz CT molecular complexity index is 746. The molecule has 2 aromatic rings. The quantitative estimate of drug-likeness (QED) is 0.850. The van der Waals surface area contributed by atoms with Crippen molar-refractivity contribution in [3.05, 3.63) is 69.7 Å². The van der Waals surface area contributed by atoms with Crippen LogP contribution < -0.4 is 0 Å². The summed E-state index contributed by atoms with van der Waals surface area (Å²) in [6.07, 6.45) is 1.38. The van der Waals surface area contributed by atoms with Gasteiger partial charge in [-0.3, -0.25) is 9.69 Å². The van der Waals surface area contributed by atoms with E-state index in [0.717, 1.165) is 23.7 Å². The third-order valence-electron chi connectivity index (χ3n) is 4.97. The Morgan fingerprint density at radius 3 is 2.28 bits per heavy atom. The van der Waals surface area contributed by atoms with Crippen molar-refractivity contribution in [3.8, 4) is 0 Å². The zero-order valence-electron chi connectivity index (χ0n) is 14.7. The van der Waals surface area contributed by atoms with Gasteiger partial charge in [-0.15, -0.1) is 0 Å². The molecule has 1 aliphatic heterocycles. The van der Waals surface area contributed by atoms with Gasteiger partial charge in [0.15, 0.2) is 0 Å². The van der Waals surface area contributed by atoms with Crippen LogP contribution in [-0.4, -0.2) is 29.1 Å². The molecule has 1 N–H and O–H groups in total. The lowest BCUT2D eigenvalue weighted by Crippen LogP contribution is -2.39. The second kappa shape index (κ2) is 7.59. The molecule has 0 bridgehead atoms. The number of likely N-dealkylation sites (tertiary alicyclic amines) is 1. The maximum Gasteiger partial charge on any atom is 0.306 e. The number of carboxylic acid groups (broad SMARTS) is 1. The molecule has 1 aliphatic rings. The van der Waals surface area contributed by atoms with E-state index in [1.54, 1.807) is 0 Å². The van der Waals surface area contributed by atoms with Crippen LogP contribution in [0.1, 0.15) is 41.1 Å². The van der Waals surface area contributed by atoms with E-state index in [4.69, 9.17) is 11.6 Å². The monoisotopic (exact) mass is 357 g/mol. The molecule has 1 heterocycles. The maximum absolute atomic E-state index is 11.3. The van der Waals surface area contributed by atoms with E-state index in [0.29, 0.717) is 12.8 Å².